The Balaban J connectivity index is 2.46. The second-order valence-corrected chi connectivity index (χ2v) is 7.15. The van der Waals surface area contributed by atoms with E-state index in [4.69, 9.17) is 0 Å². The third kappa shape index (κ3) is 6.44. The number of benzene rings is 1. The highest BCUT2D eigenvalue weighted by molar-refractivity contribution is 7.90. The van der Waals surface area contributed by atoms with Crippen LogP contribution in [0, 0.1) is 0 Å². The zero-order chi connectivity index (χ0) is 12.9. The Morgan fingerprint density at radius 3 is 2.35 bits per heavy atom. The molecule has 0 saturated carbocycles. The summed E-state index contributed by atoms with van der Waals surface area (Å²) in [6.07, 6.45) is 2.77. The van der Waals surface area contributed by atoms with Crippen LogP contribution in [0.25, 0.3) is 0 Å². The molecule has 0 aliphatic heterocycles. The molecule has 3 nitrogen and oxygen atoms in total. The summed E-state index contributed by atoms with van der Waals surface area (Å²) in [6.45, 7) is 1.75. The fraction of sp³-hybridized carbons (Fsp3) is 0.538. The first-order chi connectivity index (χ1) is 7.79. The molecule has 0 spiro atoms. The third-order valence-electron chi connectivity index (χ3n) is 2.66. The summed E-state index contributed by atoms with van der Waals surface area (Å²) < 4.78 is 22.0. The van der Waals surface area contributed by atoms with Crippen LogP contribution in [-0.2, 0) is 16.3 Å². The first-order valence-corrected chi connectivity index (χ1v) is 7.79. The Bertz CT molecular complexity index is 435. The van der Waals surface area contributed by atoms with E-state index in [9.17, 15) is 13.5 Å². The van der Waals surface area contributed by atoms with Crippen LogP contribution < -0.4 is 0 Å². The number of hydrogen-bond acceptors (Lipinski definition) is 3. The minimum absolute atomic E-state index is 0.137. The van der Waals surface area contributed by atoms with Crippen LogP contribution in [0.2, 0.25) is 0 Å². The molecule has 1 rings (SSSR count). The van der Waals surface area contributed by atoms with Gasteiger partial charge in [-0.25, -0.2) is 8.42 Å². The van der Waals surface area contributed by atoms with Gasteiger partial charge in [-0.1, -0.05) is 30.3 Å². The van der Waals surface area contributed by atoms with Crippen LogP contribution >= 0.6 is 0 Å². The normalized spacial score (nSPS) is 15.5. The lowest BCUT2D eigenvalue weighted by atomic mass is 9.92. The lowest BCUT2D eigenvalue weighted by molar-refractivity contribution is 0.0508. The Morgan fingerprint density at radius 2 is 1.82 bits per heavy atom. The van der Waals surface area contributed by atoms with Gasteiger partial charge in [-0.2, -0.15) is 0 Å². The van der Waals surface area contributed by atoms with Gasteiger partial charge in [0.1, 0.15) is 9.84 Å². The summed E-state index contributed by atoms with van der Waals surface area (Å²) in [7, 11) is -2.93. The highest BCUT2D eigenvalue weighted by Gasteiger charge is 2.21. The second-order valence-electron chi connectivity index (χ2n) is 4.89. The Labute approximate surface area is 103 Å². The van der Waals surface area contributed by atoms with Crippen LogP contribution in [-0.4, -0.2) is 31.1 Å². The van der Waals surface area contributed by atoms with Crippen molar-refractivity contribution in [3.05, 3.63) is 35.9 Å². The van der Waals surface area contributed by atoms with Crippen molar-refractivity contribution in [2.75, 3.05) is 12.0 Å². The predicted octanol–water partition coefficient (Wildman–Crippen LogP) is 1.80. The number of rotatable bonds is 6. The molecular formula is C13H20O3S. The lowest BCUT2D eigenvalue weighted by Gasteiger charge is -2.23. The monoisotopic (exact) mass is 256 g/mol. The summed E-state index contributed by atoms with van der Waals surface area (Å²) in [5.41, 5.74) is 0.225. The summed E-state index contributed by atoms with van der Waals surface area (Å²) in [6, 6.07) is 9.72. The van der Waals surface area contributed by atoms with Crippen molar-refractivity contribution >= 4 is 9.84 Å². The zero-order valence-electron chi connectivity index (χ0n) is 10.4. The minimum atomic E-state index is -2.93. The average molecular weight is 256 g/mol. The van der Waals surface area contributed by atoms with Gasteiger partial charge in [0.25, 0.3) is 0 Å². The van der Waals surface area contributed by atoms with E-state index in [1.165, 1.54) is 6.26 Å². The van der Waals surface area contributed by atoms with E-state index < -0.39 is 15.4 Å². The standard InChI is InChI=1S/C13H20O3S/c1-13(14,9-6-10-17(2,15)16)11-12-7-4-3-5-8-12/h3-5,7-8,14H,6,9-11H2,1-2H3. The molecule has 1 N–H and O–H groups in total. The van der Waals surface area contributed by atoms with E-state index in [1.807, 2.05) is 30.3 Å². The van der Waals surface area contributed by atoms with E-state index >= 15 is 0 Å². The lowest BCUT2D eigenvalue weighted by Crippen LogP contribution is -2.27. The molecule has 0 fully saturated rings. The highest BCUT2D eigenvalue weighted by Crippen LogP contribution is 2.18. The maximum Gasteiger partial charge on any atom is 0.147 e. The molecule has 0 heterocycles. The molecule has 0 aliphatic carbocycles. The first kappa shape index (κ1) is 14.2. The quantitative estimate of drug-likeness (QED) is 0.844. The fourth-order valence-corrected chi connectivity index (χ4v) is 2.51. The van der Waals surface area contributed by atoms with Crippen molar-refractivity contribution < 1.29 is 13.5 Å². The maximum atomic E-state index is 11.0. The van der Waals surface area contributed by atoms with Gasteiger partial charge in [0.15, 0.2) is 0 Å². The molecule has 1 unspecified atom stereocenters. The van der Waals surface area contributed by atoms with E-state index in [1.54, 1.807) is 6.92 Å². The van der Waals surface area contributed by atoms with E-state index in [2.05, 4.69) is 0 Å². The van der Waals surface area contributed by atoms with Crippen molar-refractivity contribution in [2.45, 2.75) is 31.8 Å². The van der Waals surface area contributed by atoms with E-state index in [0.717, 1.165) is 5.56 Å². The van der Waals surface area contributed by atoms with Crippen LogP contribution in [0.3, 0.4) is 0 Å². The summed E-state index contributed by atoms with van der Waals surface area (Å²) in [5, 5.41) is 10.2. The number of aliphatic hydroxyl groups is 1. The Morgan fingerprint density at radius 1 is 1.24 bits per heavy atom. The van der Waals surface area contributed by atoms with Gasteiger partial charge in [0, 0.05) is 18.4 Å². The van der Waals surface area contributed by atoms with Gasteiger partial charge in [0.05, 0.1) is 5.60 Å². The average Bonchev–Trinajstić information content (AvgIpc) is 2.15. The van der Waals surface area contributed by atoms with Gasteiger partial charge >= 0.3 is 0 Å². The fourth-order valence-electron chi connectivity index (χ4n) is 1.84. The summed E-state index contributed by atoms with van der Waals surface area (Å²) in [4.78, 5) is 0. The number of sulfone groups is 1. The smallest absolute Gasteiger partial charge is 0.147 e. The SMILES string of the molecule is CC(O)(CCCS(C)(=O)=O)Cc1ccccc1. The molecule has 0 bridgehead atoms. The van der Waals surface area contributed by atoms with Crippen molar-refractivity contribution in [1.29, 1.82) is 0 Å². The van der Waals surface area contributed by atoms with Crippen LogP contribution in [0.15, 0.2) is 30.3 Å². The molecule has 0 saturated heterocycles. The predicted molar refractivity (Wildman–Crippen MR) is 69.7 cm³/mol. The molecular weight excluding hydrogens is 236 g/mol. The first-order valence-electron chi connectivity index (χ1n) is 5.73. The van der Waals surface area contributed by atoms with Crippen molar-refractivity contribution in [3.63, 3.8) is 0 Å². The molecule has 0 aliphatic rings. The molecule has 0 amide bonds. The summed E-state index contributed by atoms with van der Waals surface area (Å²) in [5.74, 6) is 0.137. The highest BCUT2D eigenvalue weighted by atomic mass is 32.2. The van der Waals surface area contributed by atoms with E-state index in [0.29, 0.717) is 19.3 Å². The maximum absolute atomic E-state index is 11.0. The molecule has 17 heavy (non-hydrogen) atoms. The molecule has 1 aromatic rings. The van der Waals surface area contributed by atoms with Gasteiger partial charge in [-0.3, -0.25) is 0 Å². The van der Waals surface area contributed by atoms with Gasteiger partial charge < -0.3 is 5.11 Å². The molecule has 0 aromatic heterocycles. The van der Waals surface area contributed by atoms with Crippen LogP contribution in [0.4, 0.5) is 0 Å². The van der Waals surface area contributed by atoms with Crippen molar-refractivity contribution in [3.8, 4) is 0 Å². The minimum Gasteiger partial charge on any atom is -0.390 e. The topological polar surface area (TPSA) is 54.4 Å². The van der Waals surface area contributed by atoms with Gasteiger partial charge in [-0.05, 0) is 25.3 Å². The molecule has 4 heteroatoms. The molecule has 96 valence electrons. The van der Waals surface area contributed by atoms with Crippen molar-refractivity contribution in [1.82, 2.24) is 0 Å². The molecule has 1 aromatic carbocycles. The second kappa shape index (κ2) is 5.65. The Kier molecular flexibility index (Phi) is 4.71. The van der Waals surface area contributed by atoms with Gasteiger partial charge in [0.2, 0.25) is 0 Å². The van der Waals surface area contributed by atoms with Crippen molar-refractivity contribution in [2.24, 2.45) is 0 Å². The van der Waals surface area contributed by atoms with Crippen LogP contribution in [0.1, 0.15) is 25.3 Å². The largest absolute Gasteiger partial charge is 0.390 e. The Hall–Kier alpha value is -0.870. The molecule has 0 radical (unpaired) electrons. The van der Waals surface area contributed by atoms with Gasteiger partial charge in [-0.15, -0.1) is 0 Å². The number of hydrogen-bond donors (Lipinski definition) is 1. The van der Waals surface area contributed by atoms with E-state index in [-0.39, 0.29) is 5.75 Å². The van der Waals surface area contributed by atoms with Crippen LogP contribution in [0.5, 0.6) is 0 Å². The summed E-state index contributed by atoms with van der Waals surface area (Å²) >= 11 is 0. The molecule has 1 atom stereocenters. The zero-order valence-corrected chi connectivity index (χ0v) is 11.2. The third-order valence-corrected chi connectivity index (χ3v) is 3.69.